The van der Waals surface area contributed by atoms with E-state index in [2.05, 4.69) is 0 Å². The number of anilines is 1. The molecule has 0 radical (unpaired) electrons. The molecule has 0 bridgehead atoms. The Hall–Kier alpha value is -3.42. The summed E-state index contributed by atoms with van der Waals surface area (Å²) >= 11 is 0. The molecule has 1 aromatic heterocycles. The van der Waals surface area contributed by atoms with Crippen molar-refractivity contribution >= 4 is 17.6 Å². The van der Waals surface area contributed by atoms with E-state index < -0.39 is 18.2 Å². The summed E-state index contributed by atoms with van der Waals surface area (Å²) in [5.41, 5.74) is 2.87. The Morgan fingerprint density at radius 3 is 2.53 bits per heavy atom. The van der Waals surface area contributed by atoms with Gasteiger partial charge in [-0.25, -0.2) is 4.79 Å². The summed E-state index contributed by atoms with van der Waals surface area (Å²) in [5, 5.41) is 20.0. The van der Waals surface area contributed by atoms with Crippen LogP contribution >= 0.6 is 0 Å². The minimum absolute atomic E-state index is 0.0602. The fourth-order valence-electron chi connectivity index (χ4n) is 4.35. The van der Waals surface area contributed by atoms with Gasteiger partial charge in [0.25, 0.3) is 0 Å². The van der Waals surface area contributed by atoms with E-state index in [4.69, 9.17) is 9.15 Å². The zero-order chi connectivity index (χ0) is 22.7. The summed E-state index contributed by atoms with van der Waals surface area (Å²) < 4.78 is 10.8. The molecule has 2 N–H and O–H groups in total. The number of nitrogens with zero attached hydrogens (tertiary/aromatic N) is 1. The highest BCUT2D eigenvalue weighted by atomic mass is 16.5. The number of hydrogen-bond donors (Lipinski definition) is 2. The molecular weight excluding hydrogens is 410 g/mol. The van der Waals surface area contributed by atoms with Gasteiger partial charge in [-0.05, 0) is 35.7 Å². The van der Waals surface area contributed by atoms with Gasteiger partial charge in [-0.15, -0.1) is 0 Å². The predicted octanol–water partition coefficient (Wildman–Crippen LogP) is 4.14. The molecule has 2 heterocycles. The fourth-order valence-corrected chi connectivity index (χ4v) is 4.35. The summed E-state index contributed by atoms with van der Waals surface area (Å²) in [7, 11) is 1.49. The maximum absolute atomic E-state index is 12.7. The van der Waals surface area contributed by atoms with Gasteiger partial charge in [0.05, 0.1) is 18.4 Å². The van der Waals surface area contributed by atoms with Crippen LogP contribution in [0, 0.1) is 0 Å². The molecule has 0 saturated carbocycles. The van der Waals surface area contributed by atoms with E-state index in [0.717, 1.165) is 11.1 Å². The van der Waals surface area contributed by atoms with Crippen LogP contribution in [0.1, 0.15) is 52.3 Å². The number of methoxy groups -OCH3 is 1. The first-order chi connectivity index (χ1) is 15.5. The zero-order valence-corrected chi connectivity index (χ0v) is 17.7. The molecule has 1 amide bonds. The monoisotopic (exact) mass is 435 g/mol. The first kappa shape index (κ1) is 21.8. The van der Waals surface area contributed by atoms with Gasteiger partial charge < -0.3 is 24.3 Å². The Bertz CT molecular complexity index is 1080. The van der Waals surface area contributed by atoms with Crippen LogP contribution in [0.5, 0.6) is 0 Å². The van der Waals surface area contributed by atoms with E-state index in [1.54, 1.807) is 23.1 Å². The second-order valence-electron chi connectivity index (χ2n) is 7.83. The van der Waals surface area contributed by atoms with E-state index in [1.165, 1.54) is 13.4 Å². The highest BCUT2D eigenvalue weighted by Gasteiger charge is 2.40. The summed E-state index contributed by atoms with van der Waals surface area (Å²) in [6.45, 7) is 0. The largest absolute Gasteiger partial charge is 0.475 e. The number of aromatic carboxylic acids is 1. The van der Waals surface area contributed by atoms with Crippen LogP contribution < -0.4 is 4.90 Å². The Morgan fingerprint density at radius 2 is 1.88 bits per heavy atom. The van der Waals surface area contributed by atoms with Crippen molar-refractivity contribution < 1.29 is 29.0 Å². The van der Waals surface area contributed by atoms with Gasteiger partial charge in [-0.3, -0.25) is 4.79 Å². The number of benzene rings is 2. The molecule has 32 heavy (non-hydrogen) atoms. The van der Waals surface area contributed by atoms with Crippen molar-refractivity contribution in [3.05, 3.63) is 89.4 Å². The third-order valence-corrected chi connectivity index (χ3v) is 5.88. The third kappa shape index (κ3) is 4.30. The molecule has 1 aliphatic rings. The van der Waals surface area contributed by atoms with Crippen LogP contribution in [0.25, 0.3) is 0 Å². The molecular formula is C25H25NO6. The number of ether oxygens (including phenoxy) is 1. The number of carbonyl (C=O) groups is 2. The van der Waals surface area contributed by atoms with Gasteiger partial charge in [0.15, 0.2) is 0 Å². The molecule has 4 rings (SSSR count). The molecule has 166 valence electrons. The van der Waals surface area contributed by atoms with Crippen LogP contribution in [-0.4, -0.2) is 35.2 Å². The molecule has 7 heteroatoms. The van der Waals surface area contributed by atoms with E-state index >= 15 is 0 Å². The average molecular weight is 435 g/mol. The third-order valence-electron chi connectivity index (χ3n) is 5.88. The lowest BCUT2D eigenvalue weighted by atomic mass is 9.99. The lowest BCUT2D eigenvalue weighted by molar-refractivity contribution is -0.117. The topological polar surface area (TPSA) is 100 Å². The van der Waals surface area contributed by atoms with Crippen molar-refractivity contribution in [2.24, 2.45) is 0 Å². The van der Waals surface area contributed by atoms with Gasteiger partial charge in [-0.1, -0.05) is 42.5 Å². The number of hydrogen-bond acceptors (Lipinski definition) is 5. The van der Waals surface area contributed by atoms with Gasteiger partial charge in [0.2, 0.25) is 11.7 Å². The molecule has 3 aromatic rings. The van der Waals surface area contributed by atoms with E-state index in [1.807, 2.05) is 42.5 Å². The smallest absolute Gasteiger partial charge is 0.372 e. The number of furan rings is 1. The Labute approximate surface area is 185 Å². The standard InChI is InChI=1S/C25H25NO6/c1-31-23(19-13-14-32-24(19)25(29)30)20-11-12-22(28)26(20)18-9-7-17(8-10-18)21(27)15-16-5-3-2-4-6-16/h2-10,13-14,20-21,23,27H,11-12,15H2,1H3,(H,29,30). The number of rotatable bonds is 8. The first-order valence-corrected chi connectivity index (χ1v) is 10.5. The molecule has 2 aromatic carbocycles. The molecule has 0 spiro atoms. The molecule has 1 fully saturated rings. The quantitative estimate of drug-likeness (QED) is 0.552. The van der Waals surface area contributed by atoms with Crippen molar-refractivity contribution in [2.45, 2.75) is 37.5 Å². The zero-order valence-electron chi connectivity index (χ0n) is 17.7. The molecule has 1 aliphatic heterocycles. The second kappa shape index (κ2) is 9.38. The average Bonchev–Trinajstić information content (AvgIpc) is 3.43. The van der Waals surface area contributed by atoms with Crippen LogP contribution in [0.15, 0.2) is 71.3 Å². The first-order valence-electron chi connectivity index (χ1n) is 10.5. The highest BCUT2D eigenvalue weighted by molar-refractivity contribution is 5.96. The fraction of sp³-hybridized carbons (Fsp3) is 0.280. The Kier molecular flexibility index (Phi) is 6.39. The maximum Gasteiger partial charge on any atom is 0.372 e. The number of amides is 1. The summed E-state index contributed by atoms with van der Waals surface area (Å²) in [4.78, 5) is 25.9. The van der Waals surface area contributed by atoms with Crippen LogP contribution in [0.2, 0.25) is 0 Å². The number of carboxylic acid groups (broad SMARTS) is 1. The van der Waals surface area contributed by atoms with Crippen molar-refractivity contribution in [1.29, 1.82) is 0 Å². The van der Waals surface area contributed by atoms with Gasteiger partial charge >= 0.3 is 5.97 Å². The number of aliphatic hydroxyl groups is 1. The molecule has 3 atom stereocenters. The summed E-state index contributed by atoms with van der Waals surface area (Å²) in [5.74, 6) is -1.43. The minimum atomic E-state index is -1.18. The van der Waals surface area contributed by atoms with E-state index in [-0.39, 0.29) is 17.7 Å². The number of carboxylic acids is 1. The highest BCUT2D eigenvalue weighted by Crippen LogP contribution is 2.38. The summed E-state index contributed by atoms with van der Waals surface area (Å²) in [6, 6.07) is 18.2. The Morgan fingerprint density at radius 1 is 1.16 bits per heavy atom. The van der Waals surface area contributed by atoms with Gasteiger partial charge in [-0.2, -0.15) is 0 Å². The van der Waals surface area contributed by atoms with E-state index in [9.17, 15) is 19.8 Å². The summed E-state index contributed by atoms with van der Waals surface area (Å²) in [6.07, 6.45) is 1.37. The van der Waals surface area contributed by atoms with Crippen molar-refractivity contribution in [3.8, 4) is 0 Å². The maximum atomic E-state index is 12.7. The second-order valence-corrected chi connectivity index (χ2v) is 7.83. The lowest BCUT2D eigenvalue weighted by Crippen LogP contribution is -2.38. The van der Waals surface area contributed by atoms with Crippen LogP contribution in [0.3, 0.4) is 0 Å². The van der Waals surface area contributed by atoms with Crippen LogP contribution in [-0.2, 0) is 16.0 Å². The lowest BCUT2D eigenvalue weighted by Gasteiger charge is -2.31. The minimum Gasteiger partial charge on any atom is -0.475 e. The molecule has 0 aliphatic carbocycles. The predicted molar refractivity (Wildman–Crippen MR) is 117 cm³/mol. The number of carbonyl (C=O) groups excluding carboxylic acids is 1. The van der Waals surface area contributed by atoms with Crippen molar-refractivity contribution in [1.82, 2.24) is 0 Å². The molecule has 3 unspecified atom stereocenters. The number of aliphatic hydroxyl groups excluding tert-OH is 1. The SMILES string of the molecule is COC(c1ccoc1C(=O)O)C1CCC(=O)N1c1ccc(C(O)Cc2ccccc2)cc1. The molecule has 1 saturated heterocycles. The van der Waals surface area contributed by atoms with Crippen molar-refractivity contribution in [2.75, 3.05) is 12.0 Å². The Balaban J connectivity index is 1.56. The van der Waals surface area contributed by atoms with Gasteiger partial charge in [0.1, 0.15) is 6.10 Å². The van der Waals surface area contributed by atoms with Crippen LogP contribution in [0.4, 0.5) is 5.69 Å². The van der Waals surface area contributed by atoms with Gasteiger partial charge in [0, 0.05) is 31.2 Å². The van der Waals surface area contributed by atoms with Crippen molar-refractivity contribution in [3.63, 3.8) is 0 Å². The molecule has 7 nitrogen and oxygen atoms in total. The normalized spacial score (nSPS) is 18.0. The van der Waals surface area contributed by atoms with E-state index in [0.29, 0.717) is 30.5 Å².